The van der Waals surface area contributed by atoms with Gasteiger partial charge in [0.05, 0.1) is 5.69 Å². The number of benzene rings is 1. The maximum Gasteiger partial charge on any atom is 0.267 e. The van der Waals surface area contributed by atoms with E-state index in [9.17, 15) is 14.4 Å². The van der Waals surface area contributed by atoms with Crippen molar-refractivity contribution in [1.82, 2.24) is 14.7 Å². The molecular formula is C18H21N3O3. The number of Topliss-reactive ketones (excluding diaryl/α,β-unsaturated/α-hetero) is 1. The lowest BCUT2D eigenvalue weighted by atomic mass is 10.1. The predicted octanol–water partition coefficient (Wildman–Crippen LogP) is 1.69. The molecule has 1 aromatic carbocycles. The Bertz CT molecular complexity index is 807. The Balaban J connectivity index is 2.52. The number of likely N-dealkylation sites (N-methyl/N-ethyl adjacent to an activating group) is 1. The van der Waals surface area contributed by atoms with E-state index >= 15 is 0 Å². The van der Waals surface area contributed by atoms with Crippen molar-refractivity contribution < 1.29 is 9.59 Å². The molecule has 0 radical (unpaired) electrons. The zero-order valence-corrected chi connectivity index (χ0v) is 14.3. The van der Waals surface area contributed by atoms with E-state index in [1.54, 1.807) is 6.07 Å². The number of aryl methyl sites for hydroxylation is 1. The monoisotopic (exact) mass is 327 g/mol. The number of hydrogen-bond acceptors (Lipinski definition) is 4. The quantitative estimate of drug-likeness (QED) is 0.784. The highest BCUT2D eigenvalue weighted by atomic mass is 16.2. The van der Waals surface area contributed by atoms with Crippen molar-refractivity contribution in [2.45, 2.75) is 26.3 Å². The first-order valence-corrected chi connectivity index (χ1v) is 7.76. The minimum Gasteiger partial charge on any atom is -0.347 e. The third-order valence-corrected chi connectivity index (χ3v) is 3.79. The second kappa shape index (κ2) is 7.21. The summed E-state index contributed by atoms with van der Waals surface area (Å²) in [5.74, 6) is -0.905. The Morgan fingerprint density at radius 2 is 1.75 bits per heavy atom. The van der Waals surface area contributed by atoms with Gasteiger partial charge in [-0.3, -0.25) is 14.4 Å². The lowest BCUT2D eigenvalue weighted by Crippen LogP contribution is -2.41. The van der Waals surface area contributed by atoms with Crippen molar-refractivity contribution in [2.75, 3.05) is 14.1 Å². The topological polar surface area (TPSA) is 72.3 Å². The number of amides is 1. The summed E-state index contributed by atoms with van der Waals surface area (Å²) in [4.78, 5) is 37.6. The molecule has 0 aliphatic carbocycles. The summed E-state index contributed by atoms with van der Waals surface area (Å²) in [5.41, 5.74) is 2.06. The van der Waals surface area contributed by atoms with Gasteiger partial charge in [0.1, 0.15) is 0 Å². The number of rotatable bonds is 5. The molecule has 2 rings (SSSR count). The van der Waals surface area contributed by atoms with Crippen LogP contribution in [0, 0.1) is 0 Å². The van der Waals surface area contributed by atoms with Crippen LogP contribution in [0.4, 0.5) is 0 Å². The number of carbonyl (C=O) groups is 2. The largest absolute Gasteiger partial charge is 0.347 e. The summed E-state index contributed by atoms with van der Waals surface area (Å²) < 4.78 is 0.966. The maximum absolute atomic E-state index is 12.3. The molecule has 2 aromatic rings. The second-order valence-electron chi connectivity index (χ2n) is 5.80. The van der Waals surface area contributed by atoms with Crippen LogP contribution in [0.5, 0.6) is 0 Å². The van der Waals surface area contributed by atoms with E-state index < -0.39 is 23.3 Å². The van der Waals surface area contributed by atoms with E-state index in [1.165, 1.54) is 37.5 Å². The van der Waals surface area contributed by atoms with Crippen molar-refractivity contribution >= 4 is 11.7 Å². The van der Waals surface area contributed by atoms with Crippen molar-refractivity contribution in [3.8, 4) is 11.3 Å². The van der Waals surface area contributed by atoms with Crippen molar-refractivity contribution in [1.29, 1.82) is 0 Å². The molecule has 0 spiro atoms. The van der Waals surface area contributed by atoms with E-state index in [1.807, 2.05) is 24.3 Å². The highest BCUT2D eigenvalue weighted by molar-refractivity contribution is 6.02. The summed E-state index contributed by atoms with van der Waals surface area (Å²) in [6, 6.07) is 9.47. The Labute approximate surface area is 140 Å². The van der Waals surface area contributed by atoms with Gasteiger partial charge in [-0.15, -0.1) is 0 Å². The zero-order valence-electron chi connectivity index (χ0n) is 14.3. The number of hydrogen-bond donors (Lipinski definition) is 0. The fourth-order valence-corrected chi connectivity index (χ4v) is 2.37. The molecule has 0 bridgehead atoms. The Morgan fingerprint density at radius 1 is 1.12 bits per heavy atom. The Hall–Kier alpha value is -2.76. The molecule has 6 heteroatoms. The van der Waals surface area contributed by atoms with Crippen LogP contribution >= 0.6 is 0 Å². The van der Waals surface area contributed by atoms with Gasteiger partial charge >= 0.3 is 0 Å². The summed E-state index contributed by atoms with van der Waals surface area (Å²) in [7, 11) is 3.08. The van der Waals surface area contributed by atoms with Crippen LogP contribution in [0.3, 0.4) is 0 Å². The standard InChI is InChI=1S/C18H21N3O3/c1-5-13-6-8-14(9-7-13)15-10-11-16(23)21(19-15)17(12(2)22)18(24)20(3)4/h6-11,17H,5H2,1-4H3. The van der Waals surface area contributed by atoms with Crippen LogP contribution in [-0.4, -0.2) is 40.5 Å². The van der Waals surface area contributed by atoms with Gasteiger partial charge < -0.3 is 4.90 Å². The highest BCUT2D eigenvalue weighted by Crippen LogP contribution is 2.18. The summed E-state index contributed by atoms with van der Waals surface area (Å²) in [5, 5.41) is 4.26. The van der Waals surface area contributed by atoms with Crippen molar-refractivity contribution in [3.63, 3.8) is 0 Å². The van der Waals surface area contributed by atoms with Crippen molar-refractivity contribution in [2.24, 2.45) is 0 Å². The average molecular weight is 327 g/mol. The van der Waals surface area contributed by atoms with Gasteiger partial charge in [0.2, 0.25) is 0 Å². The first-order chi connectivity index (χ1) is 11.3. The molecule has 0 fully saturated rings. The average Bonchev–Trinajstić information content (AvgIpc) is 2.56. The van der Waals surface area contributed by atoms with Gasteiger partial charge in [0.15, 0.2) is 11.8 Å². The van der Waals surface area contributed by atoms with E-state index in [4.69, 9.17) is 0 Å². The molecule has 1 amide bonds. The SMILES string of the molecule is CCc1ccc(-c2ccc(=O)n(C(C(C)=O)C(=O)N(C)C)n2)cc1. The maximum atomic E-state index is 12.3. The van der Waals surface area contributed by atoms with Gasteiger partial charge in [0, 0.05) is 25.7 Å². The lowest BCUT2D eigenvalue weighted by Gasteiger charge is -2.19. The fraction of sp³-hybridized carbons (Fsp3) is 0.333. The fourth-order valence-electron chi connectivity index (χ4n) is 2.37. The van der Waals surface area contributed by atoms with Crippen molar-refractivity contribution in [3.05, 3.63) is 52.3 Å². The summed E-state index contributed by atoms with van der Waals surface area (Å²) in [6.07, 6.45) is 0.928. The van der Waals surface area contributed by atoms with Gasteiger partial charge in [-0.05, 0) is 25.0 Å². The van der Waals surface area contributed by atoms with E-state index in [0.717, 1.165) is 16.7 Å². The summed E-state index contributed by atoms with van der Waals surface area (Å²) in [6.45, 7) is 3.35. The third-order valence-electron chi connectivity index (χ3n) is 3.79. The Morgan fingerprint density at radius 3 is 2.25 bits per heavy atom. The molecule has 1 unspecified atom stereocenters. The summed E-state index contributed by atoms with van der Waals surface area (Å²) >= 11 is 0. The smallest absolute Gasteiger partial charge is 0.267 e. The molecule has 6 nitrogen and oxygen atoms in total. The van der Waals surface area contributed by atoms with E-state index in [0.29, 0.717) is 5.69 Å². The van der Waals surface area contributed by atoms with Gasteiger partial charge in [-0.25, -0.2) is 4.68 Å². The molecule has 1 heterocycles. The highest BCUT2D eigenvalue weighted by Gasteiger charge is 2.29. The predicted molar refractivity (Wildman–Crippen MR) is 91.7 cm³/mol. The van der Waals surface area contributed by atoms with Crippen LogP contribution in [0.1, 0.15) is 25.5 Å². The normalized spacial score (nSPS) is 11.8. The molecule has 0 aliphatic rings. The van der Waals surface area contributed by atoms with Crippen LogP contribution in [0.2, 0.25) is 0 Å². The molecule has 0 saturated heterocycles. The second-order valence-corrected chi connectivity index (χ2v) is 5.80. The molecule has 24 heavy (non-hydrogen) atoms. The molecular weight excluding hydrogens is 306 g/mol. The van der Waals surface area contributed by atoms with Crippen LogP contribution in [0.15, 0.2) is 41.2 Å². The minimum absolute atomic E-state index is 0.429. The van der Waals surface area contributed by atoms with Gasteiger partial charge in [-0.1, -0.05) is 31.2 Å². The molecule has 126 valence electrons. The van der Waals surface area contributed by atoms with Gasteiger partial charge in [-0.2, -0.15) is 5.10 Å². The molecule has 1 aromatic heterocycles. The number of nitrogens with zero attached hydrogens (tertiary/aromatic N) is 3. The van der Waals surface area contributed by atoms with Crippen LogP contribution in [-0.2, 0) is 16.0 Å². The molecule has 0 N–H and O–H groups in total. The number of carbonyl (C=O) groups excluding carboxylic acids is 2. The zero-order chi connectivity index (χ0) is 17.9. The van der Waals surface area contributed by atoms with Gasteiger partial charge in [0.25, 0.3) is 11.5 Å². The lowest BCUT2D eigenvalue weighted by molar-refractivity contribution is -0.138. The number of aromatic nitrogens is 2. The first kappa shape index (κ1) is 17.6. The third kappa shape index (κ3) is 3.59. The van der Waals surface area contributed by atoms with Crippen LogP contribution in [0.25, 0.3) is 11.3 Å². The van der Waals surface area contributed by atoms with E-state index in [-0.39, 0.29) is 0 Å². The Kier molecular flexibility index (Phi) is 5.28. The van der Waals surface area contributed by atoms with E-state index in [2.05, 4.69) is 12.0 Å². The molecule has 0 saturated carbocycles. The number of ketones is 1. The first-order valence-electron chi connectivity index (χ1n) is 7.76. The molecule has 0 aliphatic heterocycles. The minimum atomic E-state index is -1.25. The van der Waals surface area contributed by atoms with Crippen LogP contribution < -0.4 is 5.56 Å². The molecule has 1 atom stereocenters.